The molecule has 0 bridgehead atoms. The van der Waals surface area contributed by atoms with E-state index < -0.39 is 9.84 Å². The third-order valence-corrected chi connectivity index (χ3v) is 6.18. The molecule has 1 aromatic rings. The van der Waals surface area contributed by atoms with Crippen LogP contribution in [0.2, 0.25) is 0 Å². The van der Waals surface area contributed by atoms with Crippen LogP contribution in [0.4, 0.5) is 0 Å². The fourth-order valence-electron chi connectivity index (χ4n) is 2.35. The molecule has 1 unspecified atom stereocenters. The molecule has 2 aliphatic rings. The number of benzene rings is 1. The van der Waals surface area contributed by atoms with Gasteiger partial charge in [-0.2, -0.15) is 0 Å². The molecule has 20 heavy (non-hydrogen) atoms. The predicted octanol–water partition coefficient (Wildman–Crippen LogP) is 2.27. The lowest BCUT2D eigenvalue weighted by atomic mass is 10.2. The standard InChI is InChI=1S/C14H18BrNO3S/c15-14-4-3-12(7-10(14)8-16-11-1-2-11)19-13-5-6-20(17,18)9-13/h3-4,7,11,13,16H,1-2,5-6,8-9H2. The number of ether oxygens (including phenoxy) is 1. The number of nitrogens with one attached hydrogen (secondary N) is 1. The number of hydrogen-bond donors (Lipinski definition) is 1. The predicted molar refractivity (Wildman–Crippen MR) is 81.7 cm³/mol. The van der Waals surface area contributed by atoms with Crippen molar-refractivity contribution in [1.82, 2.24) is 5.32 Å². The summed E-state index contributed by atoms with van der Waals surface area (Å²) in [5.41, 5.74) is 1.15. The van der Waals surface area contributed by atoms with Crippen molar-refractivity contribution in [2.45, 2.75) is 38.0 Å². The number of sulfone groups is 1. The van der Waals surface area contributed by atoms with E-state index >= 15 is 0 Å². The van der Waals surface area contributed by atoms with E-state index in [9.17, 15) is 8.42 Å². The Morgan fingerprint density at radius 1 is 1.30 bits per heavy atom. The minimum atomic E-state index is -2.89. The van der Waals surface area contributed by atoms with Gasteiger partial charge in [0.2, 0.25) is 0 Å². The number of halogens is 1. The number of hydrogen-bond acceptors (Lipinski definition) is 4. The normalized spacial score (nSPS) is 24.8. The summed E-state index contributed by atoms with van der Waals surface area (Å²) in [6, 6.07) is 6.49. The molecule has 4 nitrogen and oxygen atoms in total. The average Bonchev–Trinajstić information content (AvgIpc) is 3.15. The van der Waals surface area contributed by atoms with Crippen molar-refractivity contribution in [3.8, 4) is 5.75 Å². The third kappa shape index (κ3) is 3.74. The summed E-state index contributed by atoms with van der Waals surface area (Å²) in [5.74, 6) is 1.13. The largest absolute Gasteiger partial charge is 0.489 e. The van der Waals surface area contributed by atoms with E-state index in [1.807, 2.05) is 18.2 Å². The molecule has 2 fully saturated rings. The van der Waals surface area contributed by atoms with Gasteiger partial charge in [-0.25, -0.2) is 8.42 Å². The Kier molecular flexibility index (Phi) is 4.06. The van der Waals surface area contributed by atoms with Crippen LogP contribution in [0.1, 0.15) is 24.8 Å². The molecule has 3 rings (SSSR count). The van der Waals surface area contributed by atoms with Crippen LogP contribution in [0.5, 0.6) is 5.75 Å². The molecule has 1 atom stereocenters. The highest BCUT2D eigenvalue weighted by atomic mass is 79.9. The average molecular weight is 360 g/mol. The molecule has 1 saturated carbocycles. The van der Waals surface area contributed by atoms with Crippen LogP contribution in [-0.2, 0) is 16.4 Å². The van der Waals surface area contributed by atoms with Crippen LogP contribution in [0.3, 0.4) is 0 Å². The zero-order valence-corrected chi connectivity index (χ0v) is 13.5. The van der Waals surface area contributed by atoms with Crippen molar-refractivity contribution in [2.75, 3.05) is 11.5 Å². The highest BCUT2D eigenvalue weighted by Crippen LogP contribution is 2.27. The van der Waals surface area contributed by atoms with E-state index in [1.165, 1.54) is 12.8 Å². The summed E-state index contributed by atoms with van der Waals surface area (Å²) in [6.07, 6.45) is 2.90. The summed E-state index contributed by atoms with van der Waals surface area (Å²) >= 11 is 3.54. The molecule has 1 saturated heterocycles. The van der Waals surface area contributed by atoms with Crippen LogP contribution in [0.25, 0.3) is 0 Å². The lowest BCUT2D eigenvalue weighted by Gasteiger charge is -2.14. The van der Waals surface area contributed by atoms with Gasteiger partial charge in [0.15, 0.2) is 9.84 Å². The highest BCUT2D eigenvalue weighted by Gasteiger charge is 2.29. The molecule has 0 radical (unpaired) electrons. The van der Waals surface area contributed by atoms with Gasteiger partial charge in [-0.3, -0.25) is 0 Å². The molecule has 0 spiro atoms. The molecule has 0 amide bonds. The molecule has 6 heteroatoms. The molecule has 1 heterocycles. The second-order valence-electron chi connectivity index (χ2n) is 5.55. The summed E-state index contributed by atoms with van der Waals surface area (Å²) in [4.78, 5) is 0. The monoisotopic (exact) mass is 359 g/mol. The van der Waals surface area contributed by atoms with Crippen molar-refractivity contribution in [3.63, 3.8) is 0 Å². The van der Waals surface area contributed by atoms with Gasteiger partial charge in [-0.15, -0.1) is 0 Å². The van der Waals surface area contributed by atoms with E-state index in [0.717, 1.165) is 22.3 Å². The van der Waals surface area contributed by atoms with E-state index in [0.29, 0.717) is 12.5 Å². The Balaban J connectivity index is 1.65. The SMILES string of the molecule is O=S1(=O)CCC(Oc2ccc(Br)c(CNC3CC3)c2)C1. The first-order valence-electron chi connectivity index (χ1n) is 6.91. The second-order valence-corrected chi connectivity index (χ2v) is 8.63. The Bertz CT molecular complexity index is 598. The Morgan fingerprint density at radius 2 is 2.10 bits per heavy atom. The lowest BCUT2D eigenvalue weighted by Crippen LogP contribution is -2.18. The maximum Gasteiger partial charge on any atom is 0.154 e. The van der Waals surface area contributed by atoms with Gasteiger partial charge >= 0.3 is 0 Å². The molecule has 1 aliphatic heterocycles. The minimum Gasteiger partial charge on any atom is -0.489 e. The first-order chi connectivity index (χ1) is 9.52. The van der Waals surface area contributed by atoms with Gasteiger partial charge in [0.25, 0.3) is 0 Å². The summed E-state index contributed by atoms with van der Waals surface area (Å²) in [7, 11) is -2.89. The molecule has 110 valence electrons. The van der Waals surface area contributed by atoms with Gasteiger partial charge in [-0.05, 0) is 43.0 Å². The Morgan fingerprint density at radius 3 is 2.75 bits per heavy atom. The van der Waals surface area contributed by atoms with Crippen molar-refractivity contribution < 1.29 is 13.2 Å². The van der Waals surface area contributed by atoms with Crippen LogP contribution in [0, 0.1) is 0 Å². The van der Waals surface area contributed by atoms with Crippen LogP contribution >= 0.6 is 15.9 Å². The molecule has 0 aromatic heterocycles. The molecular weight excluding hydrogens is 342 g/mol. The second kappa shape index (κ2) is 5.66. The summed E-state index contributed by atoms with van der Waals surface area (Å²) in [5, 5.41) is 3.47. The molecule has 1 aromatic carbocycles. The van der Waals surface area contributed by atoms with Crippen LogP contribution in [0.15, 0.2) is 22.7 Å². The maximum atomic E-state index is 11.4. The Hall–Kier alpha value is -0.590. The van der Waals surface area contributed by atoms with E-state index in [2.05, 4.69) is 21.2 Å². The van der Waals surface area contributed by atoms with Gasteiger partial charge < -0.3 is 10.1 Å². The first-order valence-corrected chi connectivity index (χ1v) is 9.52. The lowest BCUT2D eigenvalue weighted by molar-refractivity contribution is 0.228. The topological polar surface area (TPSA) is 55.4 Å². The zero-order valence-electron chi connectivity index (χ0n) is 11.1. The molecular formula is C14H18BrNO3S. The third-order valence-electron chi connectivity index (χ3n) is 3.67. The zero-order chi connectivity index (χ0) is 14.2. The van der Waals surface area contributed by atoms with Gasteiger partial charge in [0, 0.05) is 17.1 Å². The first kappa shape index (κ1) is 14.4. The minimum absolute atomic E-state index is 0.138. The van der Waals surface area contributed by atoms with Crippen molar-refractivity contribution in [3.05, 3.63) is 28.2 Å². The maximum absolute atomic E-state index is 11.4. The smallest absolute Gasteiger partial charge is 0.154 e. The van der Waals surface area contributed by atoms with Crippen molar-refractivity contribution in [2.24, 2.45) is 0 Å². The van der Waals surface area contributed by atoms with E-state index in [-0.39, 0.29) is 17.6 Å². The molecule has 1 N–H and O–H groups in total. The van der Waals surface area contributed by atoms with Gasteiger partial charge in [0.05, 0.1) is 11.5 Å². The fraction of sp³-hybridized carbons (Fsp3) is 0.571. The number of rotatable bonds is 5. The highest BCUT2D eigenvalue weighted by molar-refractivity contribution is 9.10. The van der Waals surface area contributed by atoms with Crippen molar-refractivity contribution in [1.29, 1.82) is 0 Å². The van der Waals surface area contributed by atoms with Gasteiger partial charge in [-0.1, -0.05) is 15.9 Å². The van der Waals surface area contributed by atoms with E-state index in [1.54, 1.807) is 0 Å². The van der Waals surface area contributed by atoms with Crippen molar-refractivity contribution >= 4 is 25.8 Å². The van der Waals surface area contributed by atoms with Gasteiger partial charge in [0.1, 0.15) is 11.9 Å². The Labute approximate surface area is 127 Å². The summed E-state index contributed by atoms with van der Waals surface area (Å²) in [6.45, 7) is 0.811. The molecule has 1 aliphatic carbocycles. The summed E-state index contributed by atoms with van der Waals surface area (Å²) < 4.78 is 29.7. The van der Waals surface area contributed by atoms with Crippen LogP contribution < -0.4 is 10.1 Å². The van der Waals surface area contributed by atoms with E-state index in [4.69, 9.17) is 4.74 Å². The fourth-order valence-corrected chi connectivity index (χ4v) is 4.32. The quantitative estimate of drug-likeness (QED) is 0.875. The van der Waals surface area contributed by atoms with Crippen LogP contribution in [-0.4, -0.2) is 32.1 Å².